The van der Waals surface area contributed by atoms with E-state index in [2.05, 4.69) is 10.3 Å². The number of benzene rings is 1. The number of pyridine rings is 1. The molecule has 1 heterocycles. The molecule has 4 nitrogen and oxygen atoms in total. The molecule has 0 spiro atoms. The van der Waals surface area contributed by atoms with E-state index in [0.29, 0.717) is 19.4 Å². The number of anilines is 1. The summed E-state index contributed by atoms with van der Waals surface area (Å²) in [4.78, 5) is 15.8. The molecule has 2 rings (SSSR count). The topological polar surface area (TPSA) is 68.0 Å². The van der Waals surface area contributed by atoms with Gasteiger partial charge in [-0.2, -0.15) is 0 Å². The van der Waals surface area contributed by atoms with Crippen LogP contribution >= 0.6 is 0 Å². The van der Waals surface area contributed by atoms with Gasteiger partial charge in [-0.15, -0.1) is 0 Å². The normalized spacial score (nSPS) is 10.4. The van der Waals surface area contributed by atoms with Crippen LogP contribution in [-0.2, 0) is 4.79 Å². The minimum Gasteiger partial charge on any atom is -0.330 e. The highest BCUT2D eigenvalue weighted by Gasteiger charge is 2.02. The lowest BCUT2D eigenvalue weighted by molar-refractivity contribution is -0.116. The Morgan fingerprint density at radius 2 is 2.18 bits per heavy atom. The maximum Gasteiger partial charge on any atom is 0.224 e. The molecule has 0 radical (unpaired) electrons. The molecule has 0 saturated carbocycles. The van der Waals surface area contributed by atoms with Crippen LogP contribution in [0, 0.1) is 0 Å². The van der Waals surface area contributed by atoms with E-state index in [1.807, 2.05) is 30.3 Å². The zero-order chi connectivity index (χ0) is 12.1. The molecule has 0 saturated heterocycles. The highest BCUT2D eigenvalue weighted by molar-refractivity contribution is 5.93. The first-order chi connectivity index (χ1) is 8.29. The number of hydrogen-bond donors (Lipinski definition) is 2. The highest BCUT2D eigenvalue weighted by Crippen LogP contribution is 2.16. The molecule has 0 aliphatic rings. The first-order valence-electron chi connectivity index (χ1n) is 5.64. The lowest BCUT2D eigenvalue weighted by Gasteiger charge is -2.05. The van der Waals surface area contributed by atoms with Gasteiger partial charge in [-0.1, -0.05) is 18.2 Å². The van der Waals surface area contributed by atoms with Gasteiger partial charge in [0.25, 0.3) is 0 Å². The Labute approximate surface area is 99.8 Å². The summed E-state index contributed by atoms with van der Waals surface area (Å²) >= 11 is 0. The van der Waals surface area contributed by atoms with Crippen LogP contribution in [0.5, 0.6) is 0 Å². The molecule has 88 valence electrons. The maximum absolute atomic E-state index is 11.5. The summed E-state index contributed by atoms with van der Waals surface area (Å²) in [5.74, 6) is -0.0208. The van der Waals surface area contributed by atoms with Crippen LogP contribution in [-0.4, -0.2) is 17.4 Å². The van der Waals surface area contributed by atoms with Gasteiger partial charge >= 0.3 is 0 Å². The third kappa shape index (κ3) is 3.01. The van der Waals surface area contributed by atoms with Crippen LogP contribution < -0.4 is 11.1 Å². The van der Waals surface area contributed by atoms with E-state index in [9.17, 15) is 4.79 Å². The second kappa shape index (κ2) is 5.41. The van der Waals surface area contributed by atoms with Crippen molar-refractivity contribution in [3.8, 4) is 0 Å². The quantitative estimate of drug-likeness (QED) is 0.841. The molecule has 0 unspecified atom stereocenters. The minimum atomic E-state index is -0.0208. The van der Waals surface area contributed by atoms with E-state index in [1.54, 1.807) is 6.20 Å². The number of nitrogens with one attached hydrogen (secondary N) is 1. The summed E-state index contributed by atoms with van der Waals surface area (Å²) in [5.41, 5.74) is 7.00. The van der Waals surface area contributed by atoms with Crippen LogP contribution in [0.1, 0.15) is 12.8 Å². The van der Waals surface area contributed by atoms with Gasteiger partial charge in [0.1, 0.15) is 0 Å². The average Bonchev–Trinajstić information content (AvgIpc) is 2.36. The fraction of sp³-hybridized carbons (Fsp3) is 0.231. The molecule has 0 fully saturated rings. The monoisotopic (exact) mass is 229 g/mol. The summed E-state index contributed by atoms with van der Waals surface area (Å²) in [6.07, 6.45) is 2.82. The Bertz CT molecular complexity index is 525. The van der Waals surface area contributed by atoms with Crippen LogP contribution in [0.4, 0.5) is 5.69 Å². The zero-order valence-corrected chi connectivity index (χ0v) is 9.52. The molecule has 1 amide bonds. The lowest BCUT2D eigenvalue weighted by Crippen LogP contribution is -2.13. The van der Waals surface area contributed by atoms with Crippen molar-refractivity contribution < 1.29 is 4.79 Å². The van der Waals surface area contributed by atoms with Gasteiger partial charge in [0.2, 0.25) is 5.91 Å². The van der Waals surface area contributed by atoms with Crippen molar-refractivity contribution in [2.24, 2.45) is 5.73 Å². The largest absolute Gasteiger partial charge is 0.330 e. The number of amides is 1. The predicted molar refractivity (Wildman–Crippen MR) is 68.7 cm³/mol. The van der Waals surface area contributed by atoms with E-state index in [4.69, 9.17) is 5.73 Å². The fourth-order valence-corrected chi connectivity index (χ4v) is 1.63. The van der Waals surface area contributed by atoms with Gasteiger partial charge in [-0.25, -0.2) is 0 Å². The van der Waals surface area contributed by atoms with Crippen LogP contribution in [0.25, 0.3) is 10.9 Å². The van der Waals surface area contributed by atoms with E-state index in [0.717, 1.165) is 16.6 Å². The van der Waals surface area contributed by atoms with Crippen molar-refractivity contribution in [3.05, 3.63) is 36.5 Å². The smallest absolute Gasteiger partial charge is 0.224 e. The number of aromatic nitrogens is 1. The fourth-order valence-electron chi connectivity index (χ4n) is 1.63. The molecule has 1 aromatic heterocycles. The predicted octanol–water partition coefficient (Wildman–Crippen LogP) is 1.91. The number of rotatable bonds is 4. The molecule has 4 heteroatoms. The molecule has 0 aliphatic heterocycles. The minimum absolute atomic E-state index is 0.0208. The molecule has 0 bridgehead atoms. The van der Waals surface area contributed by atoms with Crippen LogP contribution in [0.3, 0.4) is 0 Å². The summed E-state index contributed by atoms with van der Waals surface area (Å²) in [5, 5.41) is 3.83. The summed E-state index contributed by atoms with van der Waals surface area (Å²) in [7, 11) is 0. The van der Waals surface area contributed by atoms with Gasteiger partial charge in [-0.3, -0.25) is 9.78 Å². The van der Waals surface area contributed by atoms with Crippen molar-refractivity contribution in [3.63, 3.8) is 0 Å². The van der Waals surface area contributed by atoms with Gasteiger partial charge in [0.05, 0.1) is 17.4 Å². The van der Waals surface area contributed by atoms with Crippen LogP contribution in [0.15, 0.2) is 36.5 Å². The number of fused-ring (bicyclic) bond motifs is 1. The summed E-state index contributed by atoms with van der Waals surface area (Å²) in [6, 6.07) is 9.72. The molecule has 0 atom stereocenters. The number of para-hydroxylation sites is 1. The van der Waals surface area contributed by atoms with E-state index in [-0.39, 0.29) is 5.91 Å². The molecule has 3 N–H and O–H groups in total. The Morgan fingerprint density at radius 3 is 3.00 bits per heavy atom. The van der Waals surface area contributed by atoms with Gasteiger partial charge in [0, 0.05) is 11.8 Å². The summed E-state index contributed by atoms with van der Waals surface area (Å²) in [6.45, 7) is 0.531. The molecular weight excluding hydrogens is 214 g/mol. The number of nitrogens with zero attached hydrogens (tertiary/aromatic N) is 1. The Hall–Kier alpha value is -1.94. The van der Waals surface area contributed by atoms with E-state index < -0.39 is 0 Å². The second-order valence-corrected chi connectivity index (χ2v) is 3.86. The Balaban J connectivity index is 2.11. The SMILES string of the molecule is NCCCC(=O)Nc1cnc2ccccc2c1. The van der Waals surface area contributed by atoms with Gasteiger partial charge in [0.15, 0.2) is 0 Å². The Kier molecular flexibility index (Phi) is 3.67. The summed E-state index contributed by atoms with van der Waals surface area (Å²) < 4.78 is 0. The standard InChI is InChI=1S/C13H15N3O/c14-7-3-6-13(17)16-11-8-10-4-1-2-5-12(10)15-9-11/h1-2,4-5,8-9H,3,6-7,14H2,(H,16,17). The Morgan fingerprint density at radius 1 is 1.35 bits per heavy atom. The average molecular weight is 229 g/mol. The first-order valence-corrected chi connectivity index (χ1v) is 5.64. The van der Waals surface area contributed by atoms with Crippen molar-refractivity contribution in [1.82, 2.24) is 4.98 Å². The highest BCUT2D eigenvalue weighted by atomic mass is 16.1. The van der Waals surface area contributed by atoms with E-state index >= 15 is 0 Å². The van der Waals surface area contributed by atoms with Gasteiger partial charge < -0.3 is 11.1 Å². The van der Waals surface area contributed by atoms with Crippen LogP contribution in [0.2, 0.25) is 0 Å². The zero-order valence-electron chi connectivity index (χ0n) is 9.52. The number of hydrogen-bond acceptors (Lipinski definition) is 3. The second-order valence-electron chi connectivity index (χ2n) is 3.86. The molecule has 0 aliphatic carbocycles. The number of nitrogens with two attached hydrogens (primary N) is 1. The lowest BCUT2D eigenvalue weighted by atomic mass is 10.2. The molecule has 17 heavy (non-hydrogen) atoms. The van der Waals surface area contributed by atoms with Crippen molar-refractivity contribution in [2.45, 2.75) is 12.8 Å². The van der Waals surface area contributed by atoms with Crippen molar-refractivity contribution >= 4 is 22.5 Å². The number of carbonyl (C=O) groups is 1. The first kappa shape index (κ1) is 11.5. The van der Waals surface area contributed by atoms with Gasteiger partial charge in [-0.05, 0) is 25.1 Å². The molecule has 2 aromatic rings. The molecular formula is C13H15N3O. The van der Waals surface area contributed by atoms with Crippen molar-refractivity contribution in [1.29, 1.82) is 0 Å². The molecule has 1 aromatic carbocycles. The maximum atomic E-state index is 11.5. The number of carbonyl (C=O) groups excluding carboxylic acids is 1. The van der Waals surface area contributed by atoms with E-state index in [1.165, 1.54) is 0 Å². The third-order valence-corrected chi connectivity index (χ3v) is 2.48. The van der Waals surface area contributed by atoms with Crippen molar-refractivity contribution in [2.75, 3.05) is 11.9 Å². The third-order valence-electron chi connectivity index (χ3n) is 2.48.